The maximum atomic E-state index is 13.8. The van der Waals surface area contributed by atoms with Crippen LogP contribution < -0.4 is 19.5 Å². The van der Waals surface area contributed by atoms with E-state index in [1.54, 1.807) is 12.1 Å². The Bertz CT molecular complexity index is 752. The van der Waals surface area contributed by atoms with E-state index in [1.807, 2.05) is 0 Å². The molecule has 5 nitrogen and oxygen atoms in total. The number of carbonyl (C=O) groups excluding carboxylic acids is 1. The summed E-state index contributed by atoms with van der Waals surface area (Å²) in [7, 11) is 4.46. The predicted molar refractivity (Wildman–Crippen MR) is 89.8 cm³/mol. The van der Waals surface area contributed by atoms with Gasteiger partial charge in [0.1, 0.15) is 5.82 Å². The molecule has 0 aliphatic carbocycles. The minimum atomic E-state index is -0.602. The fourth-order valence-corrected chi connectivity index (χ4v) is 2.42. The van der Waals surface area contributed by atoms with Crippen LogP contribution in [0.5, 0.6) is 17.2 Å². The van der Waals surface area contributed by atoms with Gasteiger partial charge in [-0.15, -0.1) is 0 Å². The van der Waals surface area contributed by atoms with Gasteiger partial charge in [0.25, 0.3) is 0 Å². The number of methoxy groups -OCH3 is 3. The van der Waals surface area contributed by atoms with E-state index in [-0.39, 0.29) is 17.1 Å². The SMILES string of the molecule is COc1ccc(CC(=O)Nc2ccc(Cl)cc2F)c(OC)c1OC. The molecule has 128 valence electrons. The molecule has 2 aromatic carbocycles. The van der Waals surface area contributed by atoms with Crippen LogP contribution in [-0.4, -0.2) is 27.2 Å². The Kier molecular flexibility index (Phi) is 5.87. The molecular weight excluding hydrogens is 337 g/mol. The number of amides is 1. The molecule has 2 rings (SSSR count). The second-order valence-corrected chi connectivity index (χ2v) is 5.28. The first-order valence-corrected chi connectivity index (χ1v) is 7.40. The second-order valence-electron chi connectivity index (χ2n) is 4.84. The second kappa shape index (κ2) is 7.88. The molecule has 0 aliphatic rings. The smallest absolute Gasteiger partial charge is 0.229 e. The maximum Gasteiger partial charge on any atom is 0.229 e. The van der Waals surface area contributed by atoms with E-state index in [0.29, 0.717) is 22.8 Å². The van der Waals surface area contributed by atoms with E-state index >= 15 is 0 Å². The molecule has 1 N–H and O–H groups in total. The van der Waals surface area contributed by atoms with E-state index in [4.69, 9.17) is 25.8 Å². The van der Waals surface area contributed by atoms with Crippen LogP contribution in [0.2, 0.25) is 5.02 Å². The molecule has 0 unspecified atom stereocenters. The fourth-order valence-electron chi connectivity index (χ4n) is 2.26. The molecule has 0 heterocycles. The van der Waals surface area contributed by atoms with Crippen LogP contribution in [0.4, 0.5) is 10.1 Å². The Balaban J connectivity index is 2.22. The monoisotopic (exact) mass is 353 g/mol. The third-order valence-corrected chi connectivity index (χ3v) is 3.58. The van der Waals surface area contributed by atoms with E-state index in [0.717, 1.165) is 6.07 Å². The molecule has 0 radical (unpaired) electrons. The van der Waals surface area contributed by atoms with Gasteiger partial charge in [-0.2, -0.15) is 0 Å². The summed E-state index contributed by atoms with van der Waals surface area (Å²) in [6, 6.07) is 7.40. The minimum Gasteiger partial charge on any atom is -0.493 e. The van der Waals surface area contributed by atoms with Crippen molar-refractivity contribution in [2.45, 2.75) is 6.42 Å². The summed E-state index contributed by atoms with van der Waals surface area (Å²) in [5, 5.41) is 2.76. The number of carbonyl (C=O) groups is 1. The number of hydrogen-bond acceptors (Lipinski definition) is 4. The van der Waals surface area contributed by atoms with Crippen molar-refractivity contribution in [3.05, 3.63) is 46.7 Å². The average Bonchev–Trinajstić information content (AvgIpc) is 2.56. The summed E-state index contributed by atoms with van der Waals surface area (Å²) in [5.74, 6) is 0.269. The lowest BCUT2D eigenvalue weighted by Gasteiger charge is -2.15. The summed E-state index contributed by atoms with van der Waals surface area (Å²) in [4.78, 5) is 12.2. The normalized spacial score (nSPS) is 10.2. The zero-order valence-corrected chi connectivity index (χ0v) is 14.2. The Morgan fingerprint density at radius 2 is 1.79 bits per heavy atom. The van der Waals surface area contributed by atoms with Gasteiger partial charge in [0.05, 0.1) is 33.4 Å². The third kappa shape index (κ3) is 3.89. The molecule has 0 saturated carbocycles. The number of benzene rings is 2. The zero-order valence-electron chi connectivity index (χ0n) is 13.5. The van der Waals surface area contributed by atoms with E-state index in [2.05, 4.69) is 5.32 Å². The van der Waals surface area contributed by atoms with Gasteiger partial charge in [-0.3, -0.25) is 4.79 Å². The molecule has 0 spiro atoms. The first-order valence-electron chi connectivity index (χ1n) is 7.03. The molecule has 24 heavy (non-hydrogen) atoms. The summed E-state index contributed by atoms with van der Waals surface area (Å²) in [6.07, 6.45) is -0.0222. The number of ether oxygens (including phenoxy) is 3. The highest BCUT2D eigenvalue weighted by molar-refractivity contribution is 6.30. The van der Waals surface area contributed by atoms with Gasteiger partial charge >= 0.3 is 0 Å². The van der Waals surface area contributed by atoms with E-state index in [1.165, 1.54) is 33.5 Å². The Morgan fingerprint density at radius 3 is 2.38 bits per heavy atom. The van der Waals surface area contributed by atoms with Crippen LogP contribution in [-0.2, 0) is 11.2 Å². The summed E-state index contributed by atoms with van der Waals surface area (Å²) in [6.45, 7) is 0. The Labute approximate surface area is 144 Å². The highest BCUT2D eigenvalue weighted by Gasteiger charge is 2.18. The Hall–Kier alpha value is -2.47. The highest BCUT2D eigenvalue weighted by Crippen LogP contribution is 2.40. The lowest BCUT2D eigenvalue weighted by molar-refractivity contribution is -0.115. The van der Waals surface area contributed by atoms with Crippen LogP contribution in [0.1, 0.15) is 5.56 Å². The van der Waals surface area contributed by atoms with Crippen LogP contribution in [0.15, 0.2) is 30.3 Å². The van der Waals surface area contributed by atoms with Gasteiger partial charge in [0.15, 0.2) is 11.5 Å². The average molecular weight is 354 g/mol. The molecule has 2 aromatic rings. The number of hydrogen-bond donors (Lipinski definition) is 1. The van der Waals surface area contributed by atoms with Crippen LogP contribution in [0.3, 0.4) is 0 Å². The van der Waals surface area contributed by atoms with Gasteiger partial charge in [-0.05, 0) is 24.3 Å². The van der Waals surface area contributed by atoms with Crippen molar-refractivity contribution in [2.75, 3.05) is 26.6 Å². The lowest BCUT2D eigenvalue weighted by Crippen LogP contribution is -2.16. The van der Waals surface area contributed by atoms with Crippen molar-refractivity contribution in [3.8, 4) is 17.2 Å². The summed E-state index contributed by atoms with van der Waals surface area (Å²) in [5.41, 5.74) is 0.644. The zero-order chi connectivity index (χ0) is 17.7. The van der Waals surface area contributed by atoms with Gasteiger partial charge in [-0.25, -0.2) is 4.39 Å². The van der Waals surface area contributed by atoms with E-state index < -0.39 is 11.7 Å². The van der Waals surface area contributed by atoms with Crippen molar-refractivity contribution in [1.29, 1.82) is 0 Å². The molecule has 0 atom stereocenters. The number of nitrogens with one attached hydrogen (secondary N) is 1. The molecular formula is C17H17ClFNO4. The fraction of sp³-hybridized carbons (Fsp3) is 0.235. The molecule has 0 saturated heterocycles. The first-order chi connectivity index (χ1) is 11.5. The van der Waals surface area contributed by atoms with Crippen LogP contribution in [0.25, 0.3) is 0 Å². The number of halogens is 2. The topological polar surface area (TPSA) is 56.8 Å². The highest BCUT2D eigenvalue weighted by atomic mass is 35.5. The van der Waals surface area contributed by atoms with Crippen molar-refractivity contribution in [3.63, 3.8) is 0 Å². The molecule has 0 fully saturated rings. The quantitative estimate of drug-likeness (QED) is 0.860. The number of rotatable bonds is 6. The van der Waals surface area contributed by atoms with Crippen molar-refractivity contribution in [1.82, 2.24) is 0 Å². The van der Waals surface area contributed by atoms with Gasteiger partial charge < -0.3 is 19.5 Å². The van der Waals surface area contributed by atoms with Crippen LogP contribution >= 0.6 is 11.6 Å². The standard InChI is InChI=1S/C17H17ClFNO4/c1-22-14-7-4-10(16(23-2)17(14)24-3)8-15(21)20-13-6-5-11(18)9-12(13)19/h4-7,9H,8H2,1-3H3,(H,20,21). The lowest BCUT2D eigenvalue weighted by atomic mass is 10.1. The largest absolute Gasteiger partial charge is 0.493 e. The van der Waals surface area contributed by atoms with E-state index in [9.17, 15) is 9.18 Å². The predicted octanol–water partition coefficient (Wildman–Crippen LogP) is 3.69. The Morgan fingerprint density at radius 1 is 1.08 bits per heavy atom. The minimum absolute atomic E-state index is 0.0222. The molecule has 7 heteroatoms. The first kappa shape index (κ1) is 17.9. The van der Waals surface area contributed by atoms with Gasteiger partial charge in [-0.1, -0.05) is 17.7 Å². The summed E-state index contributed by atoms with van der Waals surface area (Å²) >= 11 is 5.69. The van der Waals surface area contributed by atoms with Gasteiger partial charge in [0, 0.05) is 10.6 Å². The molecule has 0 aromatic heterocycles. The van der Waals surface area contributed by atoms with Gasteiger partial charge in [0.2, 0.25) is 11.7 Å². The molecule has 1 amide bonds. The summed E-state index contributed by atoms with van der Waals surface area (Å²) < 4.78 is 29.5. The van der Waals surface area contributed by atoms with Crippen molar-refractivity contribution >= 4 is 23.2 Å². The molecule has 0 bridgehead atoms. The van der Waals surface area contributed by atoms with Crippen LogP contribution in [0, 0.1) is 5.82 Å². The van der Waals surface area contributed by atoms with Crippen molar-refractivity contribution < 1.29 is 23.4 Å². The third-order valence-electron chi connectivity index (χ3n) is 3.34. The number of anilines is 1. The van der Waals surface area contributed by atoms with Crippen molar-refractivity contribution in [2.24, 2.45) is 0 Å². The maximum absolute atomic E-state index is 13.8. The molecule has 0 aliphatic heterocycles.